The lowest BCUT2D eigenvalue weighted by Crippen LogP contribution is -2.39. The molecule has 0 unspecified atom stereocenters. The van der Waals surface area contributed by atoms with Crippen LogP contribution in [0.4, 0.5) is 0 Å². The molecule has 0 amide bonds. The summed E-state index contributed by atoms with van der Waals surface area (Å²) in [5.74, 6) is 0.608. The van der Waals surface area contributed by atoms with Gasteiger partial charge in [-0.15, -0.1) is 0 Å². The molecule has 0 spiro atoms. The van der Waals surface area contributed by atoms with Crippen LogP contribution in [0.3, 0.4) is 0 Å². The van der Waals surface area contributed by atoms with Crippen molar-refractivity contribution in [2.45, 2.75) is 26.9 Å². The van der Waals surface area contributed by atoms with Gasteiger partial charge in [-0.2, -0.15) is 5.10 Å². The highest BCUT2D eigenvalue weighted by atomic mass is 16.2. The monoisotopic (exact) mass is 390 g/mol. The number of aromatic nitrogens is 6. The smallest absolute Gasteiger partial charge is 0.322 e. The van der Waals surface area contributed by atoms with E-state index in [1.54, 1.807) is 29.4 Å². The van der Waals surface area contributed by atoms with E-state index in [0.717, 1.165) is 11.3 Å². The molecule has 4 aromatic rings. The molecular formula is C21H22N6O2. The van der Waals surface area contributed by atoms with E-state index in [0.29, 0.717) is 30.1 Å². The molecule has 0 aliphatic carbocycles. The first-order valence-electron chi connectivity index (χ1n) is 9.53. The van der Waals surface area contributed by atoms with Gasteiger partial charge < -0.3 is 4.57 Å². The lowest BCUT2D eigenvalue weighted by molar-refractivity contribution is 0.604. The van der Waals surface area contributed by atoms with Crippen molar-refractivity contribution in [2.24, 2.45) is 7.05 Å². The van der Waals surface area contributed by atoms with Gasteiger partial charge in [-0.05, 0) is 43.7 Å². The number of hydrogen-bond acceptors (Lipinski definition) is 4. The van der Waals surface area contributed by atoms with E-state index in [1.807, 2.05) is 55.6 Å². The summed E-state index contributed by atoms with van der Waals surface area (Å²) >= 11 is 0. The van der Waals surface area contributed by atoms with Crippen molar-refractivity contribution in [2.75, 3.05) is 0 Å². The average molecular weight is 390 g/mol. The molecule has 3 heterocycles. The first kappa shape index (κ1) is 18.7. The van der Waals surface area contributed by atoms with Gasteiger partial charge in [0.25, 0.3) is 5.56 Å². The predicted molar refractivity (Wildman–Crippen MR) is 113 cm³/mol. The van der Waals surface area contributed by atoms with Crippen molar-refractivity contribution in [1.82, 2.24) is 28.5 Å². The van der Waals surface area contributed by atoms with Gasteiger partial charge >= 0.3 is 5.69 Å². The van der Waals surface area contributed by atoms with Gasteiger partial charge in [0, 0.05) is 32.5 Å². The van der Waals surface area contributed by atoms with Gasteiger partial charge in [-0.25, -0.2) is 14.5 Å². The fraction of sp³-hybridized carbons (Fsp3) is 0.238. The first-order chi connectivity index (χ1) is 14.0. The van der Waals surface area contributed by atoms with Gasteiger partial charge in [0.1, 0.15) is 5.82 Å². The molecule has 29 heavy (non-hydrogen) atoms. The maximum atomic E-state index is 12.8. The highest BCUT2D eigenvalue weighted by Gasteiger charge is 2.17. The van der Waals surface area contributed by atoms with Crippen LogP contribution < -0.4 is 11.2 Å². The molecule has 3 aromatic heterocycles. The number of fused-ring (bicyclic) bond motifs is 1. The lowest BCUT2D eigenvalue weighted by Gasteiger charge is -2.08. The van der Waals surface area contributed by atoms with Crippen molar-refractivity contribution in [3.8, 4) is 5.69 Å². The number of rotatable bonds is 5. The fourth-order valence-corrected chi connectivity index (χ4v) is 3.46. The lowest BCUT2D eigenvalue weighted by atomic mass is 10.2. The Morgan fingerprint density at radius 2 is 1.83 bits per heavy atom. The van der Waals surface area contributed by atoms with Crippen LogP contribution in [0.1, 0.15) is 25.2 Å². The van der Waals surface area contributed by atoms with Gasteiger partial charge in [-0.1, -0.05) is 18.2 Å². The molecule has 0 aliphatic heterocycles. The second-order valence-corrected chi connectivity index (χ2v) is 6.66. The molecule has 0 aliphatic rings. The molecule has 0 fully saturated rings. The minimum Gasteiger partial charge on any atom is -0.322 e. The van der Waals surface area contributed by atoms with Crippen molar-refractivity contribution < 1.29 is 0 Å². The highest BCUT2D eigenvalue weighted by Crippen LogP contribution is 2.15. The standard InChI is InChI=1S/C21H22N6O2/c1-4-25-19-18(20(28)26(5-2)21(25)29)24(3)17(23-19)11-10-15-8-6-9-16(14-15)27-13-7-12-22-27/h6-14H,4-5H2,1-3H3/b11-10+. The number of aryl methyl sites for hydroxylation is 2. The Morgan fingerprint density at radius 3 is 2.52 bits per heavy atom. The molecular weight excluding hydrogens is 368 g/mol. The average Bonchev–Trinajstić information content (AvgIpc) is 3.36. The van der Waals surface area contributed by atoms with Crippen LogP contribution in [-0.2, 0) is 20.1 Å². The molecule has 0 saturated carbocycles. The van der Waals surface area contributed by atoms with E-state index in [2.05, 4.69) is 10.1 Å². The van der Waals surface area contributed by atoms with Crippen molar-refractivity contribution in [3.05, 3.63) is 75.0 Å². The largest absolute Gasteiger partial charge is 0.332 e. The number of imidazole rings is 1. The Labute approximate surface area is 167 Å². The normalized spacial score (nSPS) is 11.7. The van der Waals surface area contributed by atoms with E-state index in [9.17, 15) is 9.59 Å². The molecule has 8 heteroatoms. The van der Waals surface area contributed by atoms with Crippen molar-refractivity contribution in [1.29, 1.82) is 0 Å². The van der Waals surface area contributed by atoms with Gasteiger partial charge in [0.05, 0.1) is 5.69 Å². The minimum absolute atomic E-state index is 0.312. The first-order valence-corrected chi connectivity index (χ1v) is 9.53. The summed E-state index contributed by atoms with van der Waals surface area (Å²) in [6.45, 7) is 4.43. The third kappa shape index (κ3) is 3.12. The third-order valence-electron chi connectivity index (χ3n) is 4.97. The molecule has 8 nitrogen and oxygen atoms in total. The van der Waals surface area contributed by atoms with Crippen LogP contribution in [0.15, 0.2) is 52.3 Å². The van der Waals surface area contributed by atoms with Crippen LogP contribution in [0.2, 0.25) is 0 Å². The molecule has 0 N–H and O–H groups in total. The van der Waals surface area contributed by atoms with E-state index in [4.69, 9.17) is 0 Å². The van der Waals surface area contributed by atoms with Crippen LogP contribution in [0.25, 0.3) is 29.0 Å². The zero-order valence-corrected chi connectivity index (χ0v) is 16.6. The molecule has 0 radical (unpaired) electrons. The third-order valence-corrected chi connectivity index (χ3v) is 4.97. The Morgan fingerprint density at radius 1 is 1.03 bits per heavy atom. The molecule has 0 atom stereocenters. The quantitative estimate of drug-likeness (QED) is 0.524. The molecule has 1 aromatic carbocycles. The summed E-state index contributed by atoms with van der Waals surface area (Å²) in [4.78, 5) is 29.9. The SMILES string of the molecule is CCn1c(=O)c2c(nc(/C=C/c3cccc(-n4cccn4)c3)n2C)n(CC)c1=O. The molecule has 4 rings (SSSR count). The summed E-state index contributed by atoms with van der Waals surface area (Å²) in [5.41, 5.74) is 2.13. The van der Waals surface area contributed by atoms with Crippen LogP contribution >= 0.6 is 0 Å². The summed E-state index contributed by atoms with van der Waals surface area (Å²) in [6.07, 6.45) is 7.40. The summed E-state index contributed by atoms with van der Waals surface area (Å²) in [6, 6.07) is 9.81. The van der Waals surface area contributed by atoms with E-state index < -0.39 is 0 Å². The Balaban J connectivity index is 1.81. The van der Waals surface area contributed by atoms with Crippen LogP contribution in [-0.4, -0.2) is 28.5 Å². The number of benzene rings is 1. The highest BCUT2D eigenvalue weighted by molar-refractivity contribution is 5.76. The second-order valence-electron chi connectivity index (χ2n) is 6.66. The van der Waals surface area contributed by atoms with Gasteiger partial charge in [0.2, 0.25) is 0 Å². The van der Waals surface area contributed by atoms with Gasteiger partial charge in [0.15, 0.2) is 11.2 Å². The molecule has 0 saturated heterocycles. The molecule has 148 valence electrons. The zero-order chi connectivity index (χ0) is 20.5. The van der Waals surface area contributed by atoms with Crippen LogP contribution in [0, 0.1) is 0 Å². The van der Waals surface area contributed by atoms with Crippen LogP contribution in [0.5, 0.6) is 0 Å². The number of nitrogens with zero attached hydrogens (tertiary/aromatic N) is 6. The van der Waals surface area contributed by atoms with Gasteiger partial charge in [-0.3, -0.25) is 13.9 Å². The maximum absolute atomic E-state index is 12.8. The summed E-state index contributed by atoms with van der Waals surface area (Å²) in [7, 11) is 1.79. The Kier molecular flexibility index (Phi) is 4.75. The fourth-order valence-electron chi connectivity index (χ4n) is 3.46. The molecule has 0 bridgehead atoms. The Bertz CT molecular complexity index is 1320. The second kappa shape index (κ2) is 7.38. The van der Waals surface area contributed by atoms with E-state index >= 15 is 0 Å². The Hall–Kier alpha value is -3.68. The van der Waals surface area contributed by atoms with E-state index in [1.165, 1.54) is 9.13 Å². The zero-order valence-electron chi connectivity index (χ0n) is 16.6. The predicted octanol–water partition coefficient (Wildman–Crippen LogP) is 2.29. The van der Waals surface area contributed by atoms with Crippen molar-refractivity contribution >= 4 is 23.3 Å². The van der Waals surface area contributed by atoms with Crippen molar-refractivity contribution in [3.63, 3.8) is 0 Å². The summed E-state index contributed by atoms with van der Waals surface area (Å²) in [5, 5.41) is 4.25. The topological polar surface area (TPSA) is 79.6 Å². The maximum Gasteiger partial charge on any atom is 0.332 e. The summed E-state index contributed by atoms with van der Waals surface area (Å²) < 4.78 is 6.31. The van der Waals surface area contributed by atoms with E-state index in [-0.39, 0.29) is 11.2 Å². The number of hydrogen-bond donors (Lipinski definition) is 0. The minimum atomic E-state index is -0.326.